The molecule has 0 bridgehead atoms. The fraction of sp³-hybridized carbons (Fsp3) is 0.800. The molecule has 0 aromatic carbocycles. The van der Waals surface area contributed by atoms with Crippen LogP contribution in [0.25, 0.3) is 0 Å². The molecule has 1 aliphatic heterocycles. The minimum atomic E-state index is -2.42. The van der Waals surface area contributed by atoms with E-state index in [2.05, 4.69) is 4.72 Å². The zero-order valence-electron chi connectivity index (χ0n) is 5.00. The summed E-state index contributed by atoms with van der Waals surface area (Å²) in [5.74, 6) is 0.538. The van der Waals surface area contributed by atoms with Gasteiger partial charge in [-0.05, 0) is 18.8 Å². The molecule has 1 atom stereocenters. The fourth-order valence-corrected chi connectivity index (χ4v) is 2.87. The normalized spacial score (nSPS) is 43.6. The molecule has 1 heterocycles. The quantitative estimate of drug-likeness (QED) is 0.483. The molecule has 0 amide bonds. The Morgan fingerprint density at radius 3 is 2.89 bits per heavy atom. The van der Waals surface area contributed by atoms with Crippen molar-refractivity contribution >= 4 is 10.8 Å². The van der Waals surface area contributed by atoms with Crippen molar-refractivity contribution in [3.05, 3.63) is 5.25 Å². The monoisotopic (exact) mass is 148 g/mol. The summed E-state index contributed by atoms with van der Waals surface area (Å²) in [7, 11) is -2.42. The van der Waals surface area contributed by atoms with E-state index in [0.717, 1.165) is 24.6 Å². The first-order valence-corrected chi connectivity index (χ1v) is 4.63. The molecule has 1 saturated carbocycles. The highest BCUT2D eigenvalue weighted by atomic mass is 32.3. The van der Waals surface area contributed by atoms with Crippen LogP contribution in [-0.2, 0) is 0 Å². The highest BCUT2D eigenvalue weighted by molar-refractivity contribution is 8.25. The molecule has 1 aliphatic carbocycles. The highest BCUT2D eigenvalue weighted by Gasteiger charge is 2.50. The molecule has 0 spiro atoms. The minimum absolute atomic E-state index is 0.538. The van der Waals surface area contributed by atoms with Crippen LogP contribution in [0.3, 0.4) is 0 Å². The highest BCUT2D eigenvalue weighted by Crippen LogP contribution is 2.66. The Hall–Kier alpha value is 0.230. The molecule has 3 nitrogen and oxygen atoms in total. The molecule has 0 aromatic rings. The molecule has 4 heteroatoms. The van der Waals surface area contributed by atoms with Crippen molar-refractivity contribution in [3.63, 3.8) is 0 Å². The van der Waals surface area contributed by atoms with Gasteiger partial charge in [0.2, 0.25) is 0 Å². The Morgan fingerprint density at radius 2 is 2.33 bits per heavy atom. The van der Waals surface area contributed by atoms with Gasteiger partial charge < -0.3 is 0 Å². The molecular formula is C5H10NO2S. The lowest BCUT2D eigenvalue weighted by Gasteiger charge is -2.35. The maximum absolute atomic E-state index is 9.18. The van der Waals surface area contributed by atoms with Crippen molar-refractivity contribution in [3.8, 4) is 0 Å². The van der Waals surface area contributed by atoms with E-state index in [1.165, 1.54) is 0 Å². The maximum atomic E-state index is 9.18. The number of rotatable bonds is 0. The van der Waals surface area contributed by atoms with E-state index in [4.69, 9.17) is 0 Å². The van der Waals surface area contributed by atoms with Crippen LogP contribution in [0.5, 0.6) is 0 Å². The number of hydrogen-bond donors (Lipinski definition) is 3. The van der Waals surface area contributed by atoms with Crippen LogP contribution in [0.2, 0.25) is 0 Å². The van der Waals surface area contributed by atoms with Gasteiger partial charge in [0, 0.05) is 6.54 Å². The van der Waals surface area contributed by atoms with Crippen LogP contribution in [0.4, 0.5) is 0 Å². The van der Waals surface area contributed by atoms with Crippen LogP contribution in [-0.4, -0.2) is 15.7 Å². The average Bonchev–Trinajstić information content (AvgIpc) is 2.43. The zero-order chi connectivity index (χ0) is 6.48. The second kappa shape index (κ2) is 1.63. The maximum Gasteiger partial charge on any atom is 0.103 e. The lowest BCUT2D eigenvalue weighted by Crippen LogP contribution is -2.26. The van der Waals surface area contributed by atoms with E-state index in [9.17, 15) is 9.11 Å². The van der Waals surface area contributed by atoms with Crippen LogP contribution in [0, 0.1) is 11.2 Å². The van der Waals surface area contributed by atoms with E-state index in [0.29, 0.717) is 5.92 Å². The van der Waals surface area contributed by atoms with E-state index < -0.39 is 10.8 Å². The van der Waals surface area contributed by atoms with Crippen LogP contribution in [0.1, 0.15) is 12.8 Å². The number of fused-ring (bicyclic) bond motifs is 1. The van der Waals surface area contributed by atoms with Gasteiger partial charge in [-0.1, -0.05) is 0 Å². The first-order chi connectivity index (χ1) is 4.20. The third kappa shape index (κ3) is 0.864. The van der Waals surface area contributed by atoms with Crippen molar-refractivity contribution in [2.75, 3.05) is 6.54 Å². The summed E-state index contributed by atoms with van der Waals surface area (Å²) in [6.07, 6.45) is 2.03. The third-order valence-corrected chi connectivity index (χ3v) is 3.74. The molecule has 9 heavy (non-hydrogen) atoms. The molecule has 2 rings (SSSR count). The lowest BCUT2D eigenvalue weighted by atomic mass is 10.3. The van der Waals surface area contributed by atoms with Crippen LogP contribution < -0.4 is 4.72 Å². The van der Waals surface area contributed by atoms with Crippen molar-refractivity contribution in [2.45, 2.75) is 12.8 Å². The number of nitrogens with one attached hydrogen (secondary N) is 1. The van der Waals surface area contributed by atoms with E-state index >= 15 is 0 Å². The van der Waals surface area contributed by atoms with Gasteiger partial charge in [0.1, 0.15) is 5.25 Å². The summed E-state index contributed by atoms with van der Waals surface area (Å²) in [5.41, 5.74) is 0. The van der Waals surface area contributed by atoms with Gasteiger partial charge in [0.25, 0.3) is 0 Å². The number of hydrogen-bond acceptors (Lipinski definition) is 3. The summed E-state index contributed by atoms with van der Waals surface area (Å²) < 4.78 is 21.1. The lowest BCUT2D eigenvalue weighted by molar-refractivity contribution is 0.463. The molecule has 53 valence electrons. The van der Waals surface area contributed by atoms with Gasteiger partial charge in [-0.25, -0.2) is 4.72 Å². The summed E-state index contributed by atoms with van der Waals surface area (Å²) in [5, 5.41) is 0.953. The summed E-state index contributed by atoms with van der Waals surface area (Å²) in [6.45, 7) is 0.760. The third-order valence-electron chi connectivity index (χ3n) is 1.90. The molecule has 2 fully saturated rings. The van der Waals surface area contributed by atoms with Crippen LogP contribution in [0.15, 0.2) is 0 Å². The average molecular weight is 148 g/mol. The van der Waals surface area contributed by atoms with E-state index in [-0.39, 0.29) is 0 Å². The van der Waals surface area contributed by atoms with Crippen molar-refractivity contribution in [1.82, 2.24) is 4.72 Å². The summed E-state index contributed by atoms with van der Waals surface area (Å²) >= 11 is 0. The molecule has 2 aliphatic rings. The van der Waals surface area contributed by atoms with Gasteiger partial charge in [-0.15, -0.1) is 10.8 Å². The molecular weight excluding hydrogens is 138 g/mol. The standard InChI is InChI=1S/C5H10NO2S/c7-9(8)5-3-4(5)1-2-6-9/h4,6-8H,1-3H2. The SMILES string of the molecule is OS1(O)NCCC2C[C]21. The molecule has 0 aromatic heterocycles. The Kier molecular flexibility index (Phi) is 1.08. The van der Waals surface area contributed by atoms with Gasteiger partial charge in [0.05, 0.1) is 0 Å². The van der Waals surface area contributed by atoms with Gasteiger partial charge >= 0.3 is 0 Å². The Bertz CT molecular complexity index is 139. The van der Waals surface area contributed by atoms with Crippen molar-refractivity contribution in [1.29, 1.82) is 0 Å². The molecule has 3 N–H and O–H groups in total. The molecule has 1 saturated heterocycles. The molecule has 1 radical (unpaired) electrons. The predicted octanol–water partition coefficient (Wildman–Crippen LogP) is 1.20. The van der Waals surface area contributed by atoms with Crippen molar-refractivity contribution in [2.24, 2.45) is 5.92 Å². The van der Waals surface area contributed by atoms with E-state index in [1.807, 2.05) is 0 Å². The Morgan fingerprint density at radius 1 is 1.56 bits per heavy atom. The van der Waals surface area contributed by atoms with Crippen LogP contribution >= 0.6 is 10.8 Å². The Balaban J connectivity index is 2.09. The van der Waals surface area contributed by atoms with Crippen molar-refractivity contribution < 1.29 is 9.11 Å². The fourth-order valence-electron chi connectivity index (χ4n) is 1.26. The second-order valence-electron chi connectivity index (χ2n) is 2.60. The predicted molar refractivity (Wildman–Crippen MR) is 36.8 cm³/mol. The first kappa shape index (κ1) is 5.97. The Labute approximate surface area is 55.9 Å². The first-order valence-electron chi connectivity index (χ1n) is 3.09. The smallest absolute Gasteiger partial charge is 0.103 e. The summed E-state index contributed by atoms with van der Waals surface area (Å²) in [6, 6.07) is 0. The molecule has 1 unspecified atom stereocenters. The summed E-state index contributed by atoms with van der Waals surface area (Å²) in [4.78, 5) is 0. The van der Waals surface area contributed by atoms with Gasteiger partial charge in [-0.3, -0.25) is 9.11 Å². The van der Waals surface area contributed by atoms with Gasteiger partial charge in [0.15, 0.2) is 0 Å². The van der Waals surface area contributed by atoms with Gasteiger partial charge in [-0.2, -0.15) is 0 Å². The largest absolute Gasteiger partial charge is 0.285 e. The minimum Gasteiger partial charge on any atom is -0.285 e. The zero-order valence-corrected chi connectivity index (χ0v) is 5.82. The van der Waals surface area contributed by atoms with E-state index in [1.54, 1.807) is 0 Å². The topological polar surface area (TPSA) is 52.5 Å². The second-order valence-corrected chi connectivity index (χ2v) is 4.51.